The first-order valence-corrected chi connectivity index (χ1v) is 15.2. The Morgan fingerprint density at radius 2 is 1.47 bits per heavy atom. The first-order valence-electron chi connectivity index (χ1n) is 15.2. The van der Waals surface area contributed by atoms with Gasteiger partial charge in [-0.05, 0) is 64.4 Å². The van der Waals surface area contributed by atoms with E-state index in [0.29, 0.717) is 6.61 Å². The zero-order valence-electron chi connectivity index (χ0n) is 24.9. The number of hydrogen-bond donors (Lipinski definition) is 1. The van der Waals surface area contributed by atoms with E-state index in [1.165, 1.54) is 39.8 Å². The van der Waals surface area contributed by atoms with Crippen molar-refractivity contribution in [2.24, 2.45) is 0 Å². The zero-order chi connectivity index (χ0) is 29.6. The summed E-state index contributed by atoms with van der Waals surface area (Å²) in [5.74, 6) is 0.587. The molecule has 43 heavy (non-hydrogen) atoms. The largest absolute Gasteiger partial charge is 0.472 e. The Hall–Kier alpha value is -4.41. The van der Waals surface area contributed by atoms with Gasteiger partial charge in [0.25, 0.3) is 0 Å². The van der Waals surface area contributed by atoms with Crippen LogP contribution in [0.25, 0.3) is 28.0 Å². The van der Waals surface area contributed by atoms with E-state index >= 15 is 0 Å². The number of benzene rings is 5. The molecule has 7 rings (SSSR count). The summed E-state index contributed by atoms with van der Waals surface area (Å²) in [6.45, 7) is 8.89. The van der Waals surface area contributed by atoms with Crippen molar-refractivity contribution in [2.45, 2.75) is 38.2 Å². The summed E-state index contributed by atoms with van der Waals surface area (Å²) in [4.78, 5) is 0. The van der Waals surface area contributed by atoms with Gasteiger partial charge in [0.1, 0.15) is 11.6 Å². The number of hydrogen-bond acceptors (Lipinski definition) is 3. The van der Waals surface area contributed by atoms with Crippen molar-refractivity contribution >= 4 is 22.5 Å². The van der Waals surface area contributed by atoms with Gasteiger partial charge >= 0.3 is 0 Å². The maximum atomic E-state index is 14.2. The van der Waals surface area contributed by atoms with Crippen LogP contribution in [0.4, 0.5) is 10.1 Å². The third-order valence-corrected chi connectivity index (χ3v) is 8.96. The zero-order valence-corrected chi connectivity index (χ0v) is 24.9. The molecule has 5 aromatic rings. The average Bonchev–Trinajstić information content (AvgIpc) is 3.28. The van der Waals surface area contributed by atoms with Crippen LogP contribution in [0.1, 0.15) is 55.0 Å². The molecule has 0 radical (unpaired) electrons. The van der Waals surface area contributed by atoms with Gasteiger partial charge in [-0.3, -0.25) is 0 Å². The van der Waals surface area contributed by atoms with Gasteiger partial charge < -0.3 is 14.8 Å². The molecule has 0 saturated heterocycles. The summed E-state index contributed by atoms with van der Waals surface area (Å²) in [6, 6.07) is 32.3. The number of rotatable bonds is 8. The fourth-order valence-corrected chi connectivity index (χ4v) is 6.93. The predicted octanol–water partition coefficient (Wildman–Crippen LogP) is 9.47. The standard InChI is InChI=1S/C39H36FNO2/c1-4-24-42-25-23-41-29-19-15-27(16-20-29)39(26-13-17-28(40)18-14-26)22-21-33-36-35(30-9-5-6-10-31(30)37(33)43-39)32-11-7-8-12-34(32)38(36,2)3/h5-22,41H,4,23-25H2,1-3H3. The second kappa shape index (κ2) is 10.7. The quantitative estimate of drug-likeness (QED) is 0.189. The van der Waals surface area contributed by atoms with Gasteiger partial charge in [-0.15, -0.1) is 0 Å². The van der Waals surface area contributed by atoms with Gasteiger partial charge in [0, 0.05) is 46.3 Å². The molecule has 1 atom stereocenters. The van der Waals surface area contributed by atoms with Crippen LogP contribution < -0.4 is 10.1 Å². The van der Waals surface area contributed by atoms with E-state index in [-0.39, 0.29) is 11.2 Å². The summed E-state index contributed by atoms with van der Waals surface area (Å²) in [6.07, 6.45) is 5.40. The Bertz CT molecular complexity index is 1840. The van der Waals surface area contributed by atoms with E-state index in [4.69, 9.17) is 9.47 Å². The topological polar surface area (TPSA) is 30.5 Å². The van der Waals surface area contributed by atoms with Crippen LogP contribution in [-0.2, 0) is 15.8 Å². The van der Waals surface area contributed by atoms with E-state index in [1.807, 2.05) is 12.1 Å². The van der Waals surface area contributed by atoms with Gasteiger partial charge in [-0.1, -0.05) is 99.6 Å². The van der Waals surface area contributed by atoms with E-state index in [1.54, 1.807) is 0 Å². The van der Waals surface area contributed by atoms with E-state index in [2.05, 4.69) is 111 Å². The molecule has 3 nitrogen and oxygen atoms in total. The average molecular weight is 570 g/mol. The highest BCUT2D eigenvalue weighted by molar-refractivity contribution is 6.08. The lowest BCUT2D eigenvalue weighted by atomic mass is 9.77. The smallest absolute Gasteiger partial charge is 0.178 e. The third kappa shape index (κ3) is 4.44. The van der Waals surface area contributed by atoms with Crippen molar-refractivity contribution in [3.8, 4) is 16.9 Å². The molecule has 0 amide bonds. The molecule has 1 aliphatic heterocycles. The highest BCUT2D eigenvalue weighted by Crippen LogP contribution is 2.57. The molecule has 0 spiro atoms. The van der Waals surface area contributed by atoms with E-state index < -0.39 is 5.60 Å². The lowest BCUT2D eigenvalue weighted by Gasteiger charge is -2.38. The van der Waals surface area contributed by atoms with Gasteiger partial charge in [0.15, 0.2) is 5.60 Å². The monoisotopic (exact) mass is 569 g/mol. The Balaban J connectivity index is 1.38. The predicted molar refractivity (Wildman–Crippen MR) is 174 cm³/mol. The molecular weight excluding hydrogens is 533 g/mol. The molecular formula is C39H36FNO2. The molecule has 216 valence electrons. The first kappa shape index (κ1) is 27.4. The summed E-state index contributed by atoms with van der Waals surface area (Å²) < 4.78 is 27.1. The fraction of sp³-hybridized carbons (Fsp3) is 0.231. The number of nitrogens with one attached hydrogen (secondary N) is 1. The van der Waals surface area contributed by atoms with E-state index in [0.717, 1.165) is 53.1 Å². The van der Waals surface area contributed by atoms with Crippen molar-refractivity contribution in [1.82, 2.24) is 0 Å². The van der Waals surface area contributed by atoms with Crippen LogP contribution in [-0.4, -0.2) is 19.8 Å². The van der Waals surface area contributed by atoms with Crippen molar-refractivity contribution in [2.75, 3.05) is 25.1 Å². The minimum absolute atomic E-state index is 0.197. The number of halogens is 1. The summed E-state index contributed by atoms with van der Waals surface area (Å²) >= 11 is 0. The molecule has 0 fully saturated rings. The second-order valence-electron chi connectivity index (χ2n) is 12.0. The van der Waals surface area contributed by atoms with Gasteiger partial charge in [0.05, 0.1) is 6.61 Å². The van der Waals surface area contributed by atoms with Crippen LogP contribution in [0.15, 0.2) is 103 Å². The van der Waals surface area contributed by atoms with Crippen molar-refractivity contribution in [1.29, 1.82) is 0 Å². The van der Waals surface area contributed by atoms with Gasteiger partial charge in [0.2, 0.25) is 0 Å². The minimum atomic E-state index is -0.934. The Labute approximate surface area is 253 Å². The van der Waals surface area contributed by atoms with Crippen molar-refractivity contribution < 1.29 is 13.9 Å². The summed E-state index contributed by atoms with van der Waals surface area (Å²) in [7, 11) is 0. The maximum Gasteiger partial charge on any atom is 0.178 e. The molecule has 1 aliphatic carbocycles. The lowest BCUT2D eigenvalue weighted by molar-refractivity contribution is 0.144. The normalized spacial score (nSPS) is 17.7. The molecule has 2 aliphatic rings. The number of fused-ring (bicyclic) bond motifs is 8. The Kier molecular flexibility index (Phi) is 6.82. The van der Waals surface area contributed by atoms with Crippen molar-refractivity contribution in [3.05, 3.63) is 137 Å². The second-order valence-corrected chi connectivity index (χ2v) is 12.0. The number of ether oxygens (including phenoxy) is 2. The third-order valence-electron chi connectivity index (χ3n) is 8.96. The number of anilines is 1. The van der Waals surface area contributed by atoms with Crippen LogP contribution in [0.3, 0.4) is 0 Å². The van der Waals surface area contributed by atoms with Crippen LogP contribution >= 0.6 is 0 Å². The highest BCUT2D eigenvalue weighted by atomic mass is 19.1. The SMILES string of the molecule is CCCOCCNc1ccc(C2(c3ccc(F)cc3)C=Cc3c4c(c5ccccc5c3O2)-c2ccccc2C4(C)C)cc1. The Morgan fingerprint density at radius 1 is 0.791 bits per heavy atom. The maximum absolute atomic E-state index is 14.2. The van der Waals surface area contributed by atoms with Crippen molar-refractivity contribution in [3.63, 3.8) is 0 Å². The Morgan fingerprint density at radius 3 is 2.21 bits per heavy atom. The van der Waals surface area contributed by atoms with Crippen LogP contribution in [0.5, 0.6) is 5.75 Å². The van der Waals surface area contributed by atoms with Crippen LogP contribution in [0, 0.1) is 5.82 Å². The molecule has 0 saturated carbocycles. The lowest BCUT2D eigenvalue weighted by Crippen LogP contribution is -2.35. The van der Waals surface area contributed by atoms with Gasteiger partial charge in [-0.25, -0.2) is 4.39 Å². The molecule has 0 bridgehead atoms. The van der Waals surface area contributed by atoms with E-state index in [9.17, 15) is 4.39 Å². The highest BCUT2D eigenvalue weighted by Gasteiger charge is 2.44. The molecule has 4 heteroatoms. The summed E-state index contributed by atoms with van der Waals surface area (Å²) in [5.41, 5.74) is 8.03. The first-order chi connectivity index (χ1) is 20.9. The molecule has 5 aromatic carbocycles. The molecule has 0 aromatic heterocycles. The molecule has 1 unspecified atom stereocenters. The molecule has 1 N–H and O–H groups in total. The molecule has 1 heterocycles. The van der Waals surface area contributed by atoms with Crippen LogP contribution in [0.2, 0.25) is 0 Å². The fourth-order valence-electron chi connectivity index (χ4n) is 6.93. The minimum Gasteiger partial charge on any atom is -0.472 e. The summed E-state index contributed by atoms with van der Waals surface area (Å²) in [5, 5.41) is 5.70. The van der Waals surface area contributed by atoms with Gasteiger partial charge in [-0.2, -0.15) is 0 Å².